The first-order chi connectivity index (χ1) is 12.6. The van der Waals surface area contributed by atoms with Gasteiger partial charge in [-0.15, -0.1) is 0 Å². The van der Waals surface area contributed by atoms with E-state index in [-0.39, 0.29) is 28.5 Å². The molecule has 0 heterocycles. The Hall–Kier alpha value is -1.48. The number of carbonyl (C=O) groups excluding carboxylic acids is 2. The SMILES string of the molecule is CC(=O)C(C)(C)CCCCC(O)CCCCC(C)(C)C(=O)c1ccccc1. The molecule has 1 N–H and O–H groups in total. The number of carbonyl (C=O) groups is 2. The summed E-state index contributed by atoms with van der Waals surface area (Å²) in [4.78, 5) is 24.1. The quantitative estimate of drug-likeness (QED) is 0.341. The molecule has 0 aliphatic rings. The Labute approximate surface area is 165 Å². The first-order valence-electron chi connectivity index (χ1n) is 10.4. The molecule has 0 aromatic heterocycles. The van der Waals surface area contributed by atoms with Gasteiger partial charge in [-0.25, -0.2) is 0 Å². The molecule has 1 rings (SSSR count). The van der Waals surface area contributed by atoms with Gasteiger partial charge in [-0.1, -0.05) is 83.7 Å². The molecule has 0 saturated heterocycles. The van der Waals surface area contributed by atoms with Crippen LogP contribution in [-0.4, -0.2) is 22.8 Å². The van der Waals surface area contributed by atoms with Gasteiger partial charge >= 0.3 is 0 Å². The maximum atomic E-state index is 12.6. The highest BCUT2D eigenvalue weighted by Gasteiger charge is 2.28. The summed E-state index contributed by atoms with van der Waals surface area (Å²) in [6.07, 6.45) is 6.82. The van der Waals surface area contributed by atoms with E-state index in [9.17, 15) is 14.7 Å². The summed E-state index contributed by atoms with van der Waals surface area (Å²) in [6.45, 7) is 9.65. The van der Waals surface area contributed by atoms with Crippen LogP contribution in [0.3, 0.4) is 0 Å². The molecule has 1 aromatic carbocycles. The summed E-state index contributed by atoms with van der Waals surface area (Å²) in [7, 11) is 0. The van der Waals surface area contributed by atoms with Gasteiger partial charge in [0.25, 0.3) is 0 Å². The van der Waals surface area contributed by atoms with E-state index in [1.54, 1.807) is 6.92 Å². The number of ketones is 2. The van der Waals surface area contributed by atoms with Gasteiger partial charge in [-0.05, 0) is 32.6 Å². The molecule has 0 radical (unpaired) electrons. The highest BCUT2D eigenvalue weighted by atomic mass is 16.3. The van der Waals surface area contributed by atoms with Crippen molar-refractivity contribution in [2.24, 2.45) is 10.8 Å². The fourth-order valence-corrected chi connectivity index (χ4v) is 3.31. The lowest BCUT2D eigenvalue weighted by atomic mass is 9.79. The lowest BCUT2D eigenvalue weighted by molar-refractivity contribution is -0.125. The van der Waals surface area contributed by atoms with Crippen molar-refractivity contribution in [2.45, 2.75) is 92.1 Å². The summed E-state index contributed by atoms with van der Waals surface area (Å²) in [5.74, 6) is 0.424. The van der Waals surface area contributed by atoms with Crippen molar-refractivity contribution in [3.8, 4) is 0 Å². The minimum absolute atomic E-state index is 0.191. The Kier molecular flexibility index (Phi) is 9.38. The molecule has 1 unspecified atom stereocenters. The van der Waals surface area contributed by atoms with Crippen LogP contribution in [0.1, 0.15) is 96.3 Å². The van der Waals surface area contributed by atoms with Crippen LogP contribution in [-0.2, 0) is 4.79 Å². The first kappa shape index (κ1) is 23.6. The Morgan fingerprint density at radius 2 is 1.33 bits per heavy atom. The molecule has 0 fully saturated rings. The van der Waals surface area contributed by atoms with Crippen LogP contribution < -0.4 is 0 Å². The number of aliphatic hydroxyl groups excluding tert-OH is 1. The maximum Gasteiger partial charge on any atom is 0.168 e. The summed E-state index contributed by atoms with van der Waals surface area (Å²) in [5, 5.41) is 10.2. The molecule has 1 aromatic rings. The molecule has 3 heteroatoms. The summed E-state index contributed by atoms with van der Waals surface area (Å²) < 4.78 is 0. The Balaban J connectivity index is 2.23. The zero-order chi connectivity index (χ0) is 20.5. The second-order valence-electron chi connectivity index (χ2n) is 9.16. The van der Waals surface area contributed by atoms with Crippen molar-refractivity contribution in [2.75, 3.05) is 0 Å². The van der Waals surface area contributed by atoms with Gasteiger partial charge < -0.3 is 5.11 Å². The smallest absolute Gasteiger partial charge is 0.168 e. The number of benzene rings is 1. The Morgan fingerprint density at radius 3 is 1.81 bits per heavy atom. The number of hydrogen-bond donors (Lipinski definition) is 1. The number of unbranched alkanes of at least 4 members (excludes halogenated alkanes) is 2. The molecular formula is C24H38O3. The van der Waals surface area contributed by atoms with Crippen molar-refractivity contribution < 1.29 is 14.7 Å². The van der Waals surface area contributed by atoms with E-state index < -0.39 is 0 Å². The molecule has 0 bridgehead atoms. The molecule has 27 heavy (non-hydrogen) atoms. The first-order valence-corrected chi connectivity index (χ1v) is 10.4. The fourth-order valence-electron chi connectivity index (χ4n) is 3.31. The highest BCUT2D eigenvalue weighted by Crippen LogP contribution is 2.29. The lowest BCUT2D eigenvalue weighted by Crippen LogP contribution is -2.24. The standard InChI is InChI=1S/C24H38O3/c1-19(25)23(2,3)17-11-9-15-21(26)16-10-12-18-24(4,5)22(27)20-13-7-6-8-14-20/h6-8,13-14,21,26H,9-12,15-18H2,1-5H3. The number of rotatable bonds is 13. The zero-order valence-electron chi connectivity index (χ0n) is 17.9. The predicted octanol–water partition coefficient (Wildman–Crippen LogP) is 5.99. The molecule has 0 aliphatic heterocycles. The van der Waals surface area contributed by atoms with Gasteiger partial charge in [0, 0.05) is 16.4 Å². The van der Waals surface area contributed by atoms with Crippen molar-refractivity contribution in [3.05, 3.63) is 35.9 Å². The average molecular weight is 375 g/mol. The second-order valence-corrected chi connectivity index (χ2v) is 9.16. The minimum Gasteiger partial charge on any atom is -0.393 e. The largest absolute Gasteiger partial charge is 0.393 e. The molecule has 3 nitrogen and oxygen atoms in total. The van der Waals surface area contributed by atoms with Crippen LogP contribution in [0.25, 0.3) is 0 Å². The van der Waals surface area contributed by atoms with E-state index in [1.165, 1.54) is 0 Å². The van der Waals surface area contributed by atoms with Crippen molar-refractivity contribution in [1.29, 1.82) is 0 Å². The molecule has 0 saturated carbocycles. The summed E-state index contributed by atoms with van der Waals surface area (Å²) in [6, 6.07) is 9.48. The molecule has 1 atom stereocenters. The topological polar surface area (TPSA) is 54.4 Å². The van der Waals surface area contributed by atoms with Crippen LogP contribution >= 0.6 is 0 Å². The monoisotopic (exact) mass is 374 g/mol. The normalized spacial score (nSPS) is 13.4. The van der Waals surface area contributed by atoms with E-state index in [1.807, 2.05) is 58.0 Å². The second kappa shape index (κ2) is 10.8. The lowest BCUT2D eigenvalue weighted by Gasteiger charge is -2.23. The molecule has 152 valence electrons. The van der Waals surface area contributed by atoms with Crippen molar-refractivity contribution >= 4 is 11.6 Å². The third kappa shape index (κ3) is 8.38. The number of Topliss-reactive ketones (excluding diaryl/α,β-unsaturated/α-hetero) is 2. The number of aliphatic hydroxyl groups is 1. The van der Waals surface area contributed by atoms with Gasteiger partial charge in [0.15, 0.2) is 5.78 Å². The van der Waals surface area contributed by atoms with Gasteiger partial charge in [-0.3, -0.25) is 9.59 Å². The van der Waals surface area contributed by atoms with Crippen LogP contribution in [0.2, 0.25) is 0 Å². The van der Waals surface area contributed by atoms with Crippen molar-refractivity contribution in [3.63, 3.8) is 0 Å². The molecule has 0 amide bonds. The van der Waals surface area contributed by atoms with E-state index in [0.29, 0.717) is 0 Å². The molecular weight excluding hydrogens is 336 g/mol. The fraction of sp³-hybridized carbons (Fsp3) is 0.667. The highest BCUT2D eigenvalue weighted by molar-refractivity contribution is 5.99. The van der Waals surface area contributed by atoms with E-state index in [4.69, 9.17) is 0 Å². The van der Waals surface area contributed by atoms with Crippen LogP contribution in [0, 0.1) is 10.8 Å². The van der Waals surface area contributed by atoms with E-state index in [2.05, 4.69) is 0 Å². The minimum atomic E-state index is -0.370. The third-order valence-corrected chi connectivity index (χ3v) is 5.78. The molecule has 0 aliphatic carbocycles. The third-order valence-electron chi connectivity index (χ3n) is 5.78. The summed E-state index contributed by atoms with van der Waals surface area (Å²) >= 11 is 0. The van der Waals surface area contributed by atoms with E-state index in [0.717, 1.165) is 56.9 Å². The molecule has 0 spiro atoms. The van der Waals surface area contributed by atoms with Crippen LogP contribution in [0.5, 0.6) is 0 Å². The maximum absolute atomic E-state index is 12.6. The van der Waals surface area contributed by atoms with Gasteiger partial charge in [0.2, 0.25) is 0 Å². The number of hydrogen-bond acceptors (Lipinski definition) is 3. The average Bonchev–Trinajstić information content (AvgIpc) is 2.62. The summed E-state index contributed by atoms with van der Waals surface area (Å²) in [5.41, 5.74) is 0.155. The van der Waals surface area contributed by atoms with E-state index >= 15 is 0 Å². The van der Waals surface area contributed by atoms with Gasteiger partial charge in [0.05, 0.1) is 6.10 Å². The van der Waals surface area contributed by atoms with Gasteiger partial charge in [0.1, 0.15) is 5.78 Å². The van der Waals surface area contributed by atoms with Crippen LogP contribution in [0.15, 0.2) is 30.3 Å². The Bertz CT molecular complexity index is 587. The Morgan fingerprint density at radius 1 is 0.852 bits per heavy atom. The predicted molar refractivity (Wildman–Crippen MR) is 112 cm³/mol. The zero-order valence-corrected chi connectivity index (χ0v) is 17.9. The van der Waals surface area contributed by atoms with Crippen LogP contribution in [0.4, 0.5) is 0 Å². The van der Waals surface area contributed by atoms with Crippen molar-refractivity contribution in [1.82, 2.24) is 0 Å². The van der Waals surface area contributed by atoms with Gasteiger partial charge in [-0.2, -0.15) is 0 Å².